The number of rotatable bonds is 3. The van der Waals surface area contributed by atoms with Gasteiger partial charge in [0.05, 0.1) is 11.7 Å². The summed E-state index contributed by atoms with van der Waals surface area (Å²) >= 11 is 0. The molecule has 1 aromatic heterocycles. The van der Waals surface area contributed by atoms with Crippen LogP contribution in [0.5, 0.6) is 0 Å². The molecular formula is C15H25F3N2OSi. The van der Waals surface area contributed by atoms with E-state index in [0.717, 1.165) is 10.7 Å². The first-order valence-corrected chi connectivity index (χ1v) is 10.5. The number of aromatic nitrogens is 2. The molecule has 0 bridgehead atoms. The van der Waals surface area contributed by atoms with E-state index in [0.29, 0.717) is 18.5 Å². The van der Waals surface area contributed by atoms with E-state index in [-0.39, 0.29) is 17.2 Å². The molecule has 1 aromatic rings. The van der Waals surface area contributed by atoms with Gasteiger partial charge >= 0.3 is 6.18 Å². The number of alkyl halides is 3. The minimum Gasteiger partial charge on any atom is -0.414 e. The van der Waals surface area contributed by atoms with Gasteiger partial charge in [-0.25, -0.2) is 0 Å². The normalized spacial score (nSPS) is 23.5. The van der Waals surface area contributed by atoms with Crippen molar-refractivity contribution in [2.45, 2.75) is 77.0 Å². The lowest BCUT2D eigenvalue weighted by Gasteiger charge is -2.45. The second-order valence-electron chi connectivity index (χ2n) is 7.74. The molecule has 1 heterocycles. The third kappa shape index (κ3) is 3.40. The quantitative estimate of drug-likeness (QED) is 0.732. The first-order valence-electron chi connectivity index (χ1n) is 7.62. The van der Waals surface area contributed by atoms with Gasteiger partial charge in [0.1, 0.15) is 5.69 Å². The van der Waals surface area contributed by atoms with Crippen LogP contribution < -0.4 is 0 Å². The second-order valence-corrected chi connectivity index (χ2v) is 12.5. The third-order valence-electron chi connectivity index (χ3n) is 4.83. The summed E-state index contributed by atoms with van der Waals surface area (Å²) in [4.78, 5) is 0. The van der Waals surface area contributed by atoms with Crippen molar-refractivity contribution in [1.82, 2.24) is 9.78 Å². The molecule has 1 saturated carbocycles. The van der Waals surface area contributed by atoms with Crippen LogP contribution in [0.15, 0.2) is 6.07 Å². The molecule has 0 amide bonds. The van der Waals surface area contributed by atoms with Crippen LogP contribution in [0, 0.1) is 6.92 Å². The Balaban J connectivity index is 2.04. The fourth-order valence-corrected chi connectivity index (χ4v) is 3.81. The highest BCUT2D eigenvalue weighted by Crippen LogP contribution is 2.44. The fourth-order valence-electron chi connectivity index (χ4n) is 2.43. The van der Waals surface area contributed by atoms with Crippen LogP contribution in [-0.4, -0.2) is 24.2 Å². The maximum Gasteiger partial charge on any atom is 0.433 e. The zero-order chi connectivity index (χ0) is 16.9. The van der Waals surface area contributed by atoms with Gasteiger partial charge in [0.2, 0.25) is 0 Å². The van der Waals surface area contributed by atoms with Gasteiger partial charge < -0.3 is 4.43 Å². The Labute approximate surface area is 131 Å². The predicted octanol–water partition coefficient (Wildman–Crippen LogP) is 4.94. The van der Waals surface area contributed by atoms with Gasteiger partial charge in [-0.15, -0.1) is 0 Å². The van der Waals surface area contributed by atoms with Gasteiger partial charge in [-0.3, -0.25) is 4.68 Å². The Morgan fingerprint density at radius 2 is 1.77 bits per heavy atom. The van der Waals surface area contributed by atoms with Crippen molar-refractivity contribution in [3.8, 4) is 0 Å². The minimum absolute atomic E-state index is 0.0523. The molecule has 2 rings (SSSR count). The molecule has 0 spiro atoms. The van der Waals surface area contributed by atoms with Crippen LogP contribution in [-0.2, 0) is 10.6 Å². The molecular weight excluding hydrogens is 309 g/mol. The van der Waals surface area contributed by atoms with Crippen LogP contribution in [0.3, 0.4) is 0 Å². The first-order chi connectivity index (χ1) is 9.81. The van der Waals surface area contributed by atoms with Crippen molar-refractivity contribution in [2.75, 3.05) is 0 Å². The van der Waals surface area contributed by atoms with Crippen LogP contribution in [0.4, 0.5) is 13.2 Å². The second kappa shape index (κ2) is 5.37. The van der Waals surface area contributed by atoms with Gasteiger partial charge in [-0.2, -0.15) is 18.3 Å². The molecule has 0 saturated heterocycles. The largest absolute Gasteiger partial charge is 0.433 e. The van der Waals surface area contributed by atoms with E-state index < -0.39 is 20.2 Å². The van der Waals surface area contributed by atoms with E-state index in [1.54, 1.807) is 6.92 Å². The number of hydrogen-bond donors (Lipinski definition) is 0. The summed E-state index contributed by atoms with van der Waals surface area (Å²) in [7, 11) is -1.87. The number of aryl methyl sites for hydroxylation is 1. The minimum atomic E-state index is -4.35. The number of halogens is 3. The highest BCUT2D eigenvalue weighted by Gasteiger charge is 2.45. The van der Waals surface area contributed by atoms with Crippen LogP contribution in [0.1, 0.15) is 51.0 Å². The summed E-state index contributed by atoms with van der Waals surface area (Å²) in [5, 5.41) is 4.14. The van der Waals surface area contributed by atoms with Crippen molar-refractivity contribution in [2.24, 2.45) is 0 Å². The van der Waals surface area contributed by atoms with E-state index >= 15 is 0 Å². The predicted molar refractivity (Wildman–Crippen MR) is 82.3 cm³/mol. The van der Waals surface area contributed by atoms with Gasteiger partial charge in [0.15, 0.2) is 8.32 Å². The molecule has 0 atom stereocenters. The maximum absolute atomic E-state index is 13.0. The first kappa shape index (κ1) is 17.5. The van der Waals surface area contributed by atoms with Crippen LogP contribution >= 0.6 is 0 Å². The molecule has 1 aliphatic carbocycles. The maximum atomic E-state index is 13.0. The summed E-state index contributed by atoms with van der Waals surface area (Å²) in [5.74, 6) is 0. The van der Waals surface area contributed by atoms with Gasteiger partial charge in [0, 0.05) is 6.10 Å². The molecule has 0 unspecified atom stereocenters. The Kier molecular flexibility index (Phi) is 4.28. The van der Waals surface area contributed by atoms with Gasteiger partial charge in [-0.1, -0.05) is 20.8 Å². The number of hydrogen-bond acceptors (Lipinski definition) is 2. The smallest absolute Gasteiger partial charge is 0.414 e. The van der Waals surface area contributed by atoms with E-state index in [9.17, 15) is 13.2 Å². The number of nitrogens with zero attached hydrogens (tertiary/aromatic N) is 2. The summed E-state index contributed by atoms with van der Waals surface area (Å²) < 4.78 is 46.4. The van der Waals surface area contributed by atoms with Gasteiger partial charge in [-0.05, 0) is 44.0 Å². The lowest BCUT2D eigenvalue weighted by Crippen LogP contribution is -2.48. The average Bonchev–Trinajstić information content (AvgIpc) is 2.62. The molecule has 126 valence electrons. The van der Waals surface area contributed by atoms with Gasteiger partial charge in [0.25, 0.3) is 0 Å². The molecule has 0 N–H and O–H groups in total. The molecule has 1 fully saturated rings. The topological polar surface area (TPSA) is 27.1 Å². The molecule has 3 nitrogen and oxygen atoms in total. The summed E-state index contributed by atoms with van der Waals surface area (Å²) in [5.41, 5.74) is -0.248. The highest BCUT2D eigenvalue weighted by molar-refractivity contribution is 6.74. The fraction of sp³-hybridized carbons (Fsp3) is 0.800. The van der Waals surface area contributed by atoms with Crippen molar-refractivity contribution in [3.05, 3.63) is 17.5 Å². The standard InChI is InChI=1S/C15H25F3N2OSi/c1-10-7-13(15(16,17)18)20(19-10)11-8-12(9-11)21-22(5,6)14(2,3)4/h7,11-12H,8-9H2,1-6H3. The Hall–Kier alpha value is -0.823. The SMILES string of the molecule is Cc1cc(C(F)(F)F)n(C2CC(O[Si](C)(C)C(C)(C)C)C2)n1. The molecule has 1 aliphatic rings. The lowest BCUT2D eigenvalue weighted by atomic mass is 9.89. The highest BCUT2D eigenvalue weighted by atomic mass is 28.4. The van der Waals surface area contributed by atoms with Crippen molar-refractivity contribution >= 4 is 8.32 Å². The molecule has 0 aliphatic heterocycles. The van der Waals surface area contributed by atoms with Crippen molar-refractivity contribution < 1.29 is 17.6 Å². The van der Waals surface area contributed by atoms with E-state index in [1.165, 1.54) is 0 Å². The van der Waals surface area contributed by atoms with E-state index in [4.69, 9.17) is 4.43 Å². The molecule has 0 aromatic carbocycles. The van der Waals surface area contributed by atoms with Crippen molar-refractivity contribution in [1.29, 1.82) is 0 Å². The Morgan fingerprint density at radius 3 is 2.23 bits per heavy atom. The van der Waals surface area contributed by atoms with Crippen LogP contribution in [0.2, 0.25) is 18.1 Å². The van der Waals surface area contributed by atoms with E-state index in [1.807, 2.05) is 0 Å². The molecule has 22 heavy (non-hydrogen) atoms. The lowest BCUT2D eigenvalue weighted by molar-refractivity contribution is -0.146. The summed E-state index contributed by atoms with van der Waals surface area (Å²) in [6.07, 6.45) is -3.09. The van der Waals surface area contributed by atoms with Crippen molar-refractivity contribution in [3.63, 3.8) is 0 Å². The Bertz CT molecular complexity index is 540. The van der Waals surface area contributed by atoms with Crippen LogP contribution in [0.25, 0.3) is 0 Å². The average molecular weight is 334 g/mol. The molecule has 0 radical (unpaired) electrons. The van der Waals surface area contributed by atoms with E-state index in [2.05, 4.69) is 39.0 Å². The summed E-state index contributed by atoms with van der Waals surface area (Å²) in [6, 6.07) is 0.905. The zero-order valence-corrected chi connectivity index (χ0v) is 15.1. The summed E-state index contributed by atoms with van der Waals surface area (Å²) in [6.45, 7) is 12.4. The zero-order valence-electron chi connectivity index (χ0n) is 14.1. The Morgan fingerprint density at radius 1 is 1.23 bits per heavy atom. The third-order valence-corrected chi connectivity index (χ3v) is 9.37. The molecule has 7 heteroatoms. The monoisotopic (exact) mass is 334 g/mol.